The lowest BCUT2D eigenvalue weighted by molar-refractivity contribution is -0.137. The highest BCUT2D eigenvalue weighted by atomic mass is 35.5. The van der Waals surface area contributed by atoms with Crippen LogP contribution in [0.5, 0.6) is 0 Å². The third-order valence-electron chi connectivity index (χ3n) is 4.07. The zero-order valence-corrected chi connectivity index (χ0v) is 16.1. The average Bonchev–Trinajstić information content (AvgIpc) is 3.22. The largest absolute Gasteiger partial charge is 0.443 e. The molecular formula is C15H20ClF3N4S2. The fourth-order valence-electron chi connectivity index (χ4n) is 2.83. The molecule has 1 unspecified atom stereocenters. The van der Waals surface area contributed by atoms with E-state index in [0.29, 0.717) is 23.9 Å². The van der Waals surface area contributed by atoms with Gasteiger partial charge in [0.1, 0.15) is 0 Å². The molecule has 2 aromatic rings. The standard InChI is InChI=1S/C15H19F3N4S2.ClH/c1-10-13(23-9-21-10)8-22(6-11-2-3-19-4-11)7-12-5-20-14(24-12)15(16,17)18;/h5,9,11,19H,2-4,6-8H2,1H3;1H. The van der Waals surface area contributed by atoms with Crippen LogP contribution in [0.3, 0.4) is 0 Å². The fourth-order valence-corrected chi connectivity index (χ4v) is 4.47. The van der Waals surface area contributed by atoms with Crippen molar-refractivity contribution in [2.24, 2.45) is 5.92 Å². The van der Waals surface area contributed by atoms with Gasteiger partial charge in [-0.1, -0.05) is 0 Å². The van der Waals surface area contributed by atoms with Gasteiger partial charge in [0.05, 0.1) is 11.2 Å². The van der Waals surface area contributed by atoms with Gasteiger partial charge in [-0.3, -0.25) is 4.90 Å². The highest BCUT2D eigenvalue weighted by molar-refractivity contribution is 7.11. The molecule has 0 saturated carbocycles. The summed E-state index contributed by atoms with van der Waals surface area (Å²) in [6.07, 6.45) is -1.90. The first kappa shape index (κ1) is 20.6. The maximum atomic E-state index is 12.7. The second-order valence-electron chi connectivity index (χ2n) is 6.02. The van der Waals surface area contributed by atoms with Crippen molar-refractivity contribution in [3.63, 3.8) is 0 Å². The van der Waals surface area contributed by atoms with Gasteiger partial charge in [0.25, 0.3) is 0 Å². The van der Waals surface area contributed by atoms with Crippen molar-refractivity contribution in [2.75, 3.05) is 19.6 Å². The van der Waals surface area contributed by atoms with Crippen molar-refractivity contribution in [1.29, 1.82) is 0 Å². The molecule has 1 saturated heterocycles. The normalized spacial score (nSPS) is 17.9. The summed E-state index contributed by atoms with van der Waals surface area (Å²) in [5, 5.41) is 2.57. The number of thiazole rings is 2. The molecule has 0 amide bonds. The Morgan fingerprint density at radius 3 is 2.68 bits per heavy atom. The van der Waals surface area contributed by atoms with Gasteiger partial charge >= 0.3 is 6.18 Å². The summed E-state index contributed by atoms with van der Waals surface area (Å²) in [7, 11) is 0. The lowest BCUT2D eigenvalue weighted by atomic mass is 10.1. The van der Waals surface area contributed by atoms with Gasteiger partial charge in [-0.15, -0.1) is 35.1 Å². The van der Waals surface area contributed by atoms with Gasteiger partial charge in [0.15, 0.2) is 5.01 Å². The predicted octanol–water partition coefficient (Wildman–Crippen LogP) is 3.96. The Morgan fingerprint density at radius 2 is 2.12 bits per heavy atom. The molecule has 140 valence electrons. The van der Waals surface area contributed by atoms with E-state index in [9.17, 15) is 13.2 Å². The van der Waals surface area contributed by atoms with Crippen molar-refractivity contribution in [3.05, 3.63) is 32.2 Å². The van der Waals surface area contributed by atoms with E-state index in [1.54, 1.807) is 11.3 Å². The second kappa shape index (κ2) is 8.77. The summed E-state index contributed by atoms with van der Waals surface area (Å²) < 4.78 is 38.2. The van der Waals surface area contributed by atoms with E-state index in [0.717, 1.165) is 43.1 Å². The molecule has 10 heteroatoms. The summed E-state index contributed by atoms with van der Waals surface area (Å²) in [6.45, 7) is 6.01. The first-order chi connectivity index (χ1) is 11.4. The Hall–Kier alpha value is -0.740. The molecule has 1 N–H and O–H groups in total. The number of hydrogen-bond donors (Lipinski definition) is 1. The number of halogens is 4. The Morgan fingerprint density at radius 1 is 1.32 bits per heavy atom. The Balaban J connectivity index is 0.00000225. The van der Waals surface area contributed by atoms with Gasteiger partial charge in [-0.25, -0.2) is 9.97 Å². The van der Waals surface area contributed by atoms with Crippen molar-refractivity contribution in [2.45, 2.75) is 32.6 Å². The predicted molar refractivity (Wildman–Crippen MR) is 96.3 cm³/mol. The van der Waals surface area contributed by atoms with E-state index >= 15 is 0 Å². The van der Waals surface area contributed by atoms with Crippen LogP contribution in [0.4, 0.5) is 13.2 Å². The molecule has 0 bridgehead atoms. The molecule has 0 radical (unpaired) electrons. The molecule has 1 atom stereocenters. The highest BCUT2D eigenvalue weighted by Gasteiger charge is 2.34. The monoisotopic (exact) mass is 412 g/mol. The summed E-state index contributed by atoms with van der Waals surface area (Å²) in [5.74, 6) is 0.535. The van der Waals surface area contributed by atoms with Crippen molar-refractivity contribution in [3.8, 4) is 0 Å². The quantitative estimate of drug-likeness (QED) is 0.779. The molecule has 1 aliphatic rings. The average molecular weight is 413 g/mol. The van der Waals surface area contributed by atoms with Gasteiger partial charge < -0.3 is 5.32 Å². The number of alkyl halides is 3. The lowest BCUT2D eigenvalue weighted by Gasteiger charge is -2.24. The van der Waals surface area contributed by atoms with E-state index in [1.807, 2.05) is 12.4 Å². The Kier molecular flexibility index (Phi) is 7.21. The molecule has 1 fully saturated rings. The van der Waals surface area contributed by atoms with E-state index in [-0.39, 0.29) is 12.4 Å². The fraction of sp³-hybridized carbons (Fsp3) is 0.600. The molecule has 3 heterocycles. The third kappa shape index (κ3) is 5.62. The van der Waals surface area contributed by atoms with Crippen LogP contribution in [-0.2, 0) is 19.3 Å². The molecular weight excluding hydrogens is 393 g/mol. The SMILES string of the molecule is Cc1ncsc1CN(Cc1cnc(C(F)(F)F)s1)CC1CCNC1.Cl. The number of nitrogens with one attached hydrogen (secondary N) is 1. The van der Waals surface area contributed by atoms with Crippen molar-refractivity contribution >= 4 is 35.1 Å². The summed E-state index contributed by atoms with van der Waals surface area (Å²) in [4.78, 5) is 11.8. The van der Waals surface area contributed by atoms with Crippen LogP contribution in [0.2, 0.25) is 0 Å². The molecule has 4 nitrogen and oxygen atoms in total. The van der Waals surface area contributed by atoms with Crippen molar-refractivity contribution in [1.82, 2.24) is 20.2 Å². The highest BCUT2D eigenvalue weighted by Crippen LogP contribution is 2.33. The molecule has 25 heavy (non-hydrogen) atoms. The number of hydrogen-bond acceptors (Lipinski definition) is 6. The Labute approximate surface area is 158 Å². The lowest BCUT2D eigenvalue weighted by Crippen LogP contribution is -2.29. The van der Waals surface area contributed by atoms with Crippen LogP contribution in [-0.4, -0.2) is 34.5 Å². The van der Waals surface area contributed by atoms with Crippen LogP contribution in [0, 0.1) is 12.8 Å². The van der Waals surface area contributed by atoms with Crippen LogP contribution in [0.1, 0.15) is 26.9 Å². The Bertz CT molecular complexity index is 668. The summed E-state index contributed by atoms with van der Waals surface area (Å²) >= 11 is 2.33. The molecule has 0 aromatic carbocycles. The molecule has 1 aliphatic heterocycles. The van der Waals surface area contributed by atoms with Gasteiger partial charge in [0, 0.05) is 35.6 Å². The van der Waals surface area contributed by atoms with Gasteiger partial charge in [-0.05, 0) is 32.4 Å². The van der Waals surface area contributed by atoms with Gasteiger partial charge in [0.2, 0.25) is 0 Å². The van der Waals surface area contributed by atoms with Crippen LogP contribution in [0.25, 0.3) is 0 Å². The van der Waals surface area contributed by atoms with Crippen molar-refractivity contribution < 1.29 is 13.2 Å². The molecule has 0 spiro atoms. The summed E-state index contributed by atoms with van der Waals surface area (Å²) in [6, 6.07) is 0. The minimum atomic E-state index is -4.36. The second-order valence-corrected chi connectivity index (χ2v) is 8.07. The van der Waals surface area contributed by atoms with E-state index in [2.05, 4.69) is 20.2 Å². The molecule has 2 aromatic heterocycles. The number of rotatable bonds is 6. The molecule has 3 rings (SSSR count). The smallest absolute Gasteiger partial charge is 0.316 e. The topological polar surface area (TPSA) is 41.1 Å². The zero-order chi connectivity index (χ0) is 17.2. The van der Waals surface area contributed by atoms with E-state index in [1.165, 1.54) is 11.1 Å². The minimum absolute atomic E-state index is 0. The maximum absolute atomic E-state index is 12.7. The van der Waals surface area contributed by atoms with E-state index < -0.39 is 11.2 Å². The maximum Gasteiger partial charge on any atom is 0.443 e. The van der Waals surface area contributed by atoms with Gasteiger partial charge in [-0.2, -0.15) is 13.2 Å². The van der Waals surface area contributed by atoms with Crippen LogP contribution < -0.4 is 5.32 Å². The molecule has 0 aliphatic carbocycles. The van der Waals surface area contributed by atoms with Crippen LogP contribution in [0.15, 0.2) is 11.7 Å². The summed E-state index contributed by atoms with van der Waals surface area (Å²) in [5.41, 5.74) is 2.81. The minimum Gasteiger partial charge on any atom is -0.316 e. The van der Waals surface area contributed by atoms with E-state index in [4.69, 9.17) is 0 Å². The number of aromatic nitrogens is 2. The zero-order valence-electron chi connectivity index (χ0n) is 13.7. The number of nitrogens with zero attached hydrogens (tertiary/aromatic N) is 3. The first-order valence-electron chi connectivity index (χ1n) is 7.75. The third-order valence-corrected chi connectivity index (χ3v) is 6.01. The first-order valence-corrected chi connectivity index (χ1v) is 9.45. The number of aryl methyl sites for hydroxylation is 1. The van der Waals surface area contributed by atoms with Crippen LogP contribution >= 0.6 is 35.1 Å².